The minimum Gasteiger partial charge on any atom is -0.381 e. The van der Waals surface area contributed by atoms with Crippen molar-refractivity contribution in [2.75, 3.05) is 12.4 Å². The van der Waals surface area contributed by atoms with Crippen molar-refractivity contribution < 1.29 is 4.74 Å². The van der Waals surface area contributed by atoms with E-state index in [9.17, 15) is 0 Å². The van der Waals surface area contributed by atoms with E-state index in [-0.39, 0.29) is 17.6 Å². The fourth-order valence-corrected chi connectivity index (χ4v) is 2.38. The highest BCUT2D eigenvalue weighted by Gasteiger charge is 2.48. The Morgan fingerprint density at radius 1 is 1.50 bits per heavy atom. The molecule has 0 spiro atoms. The second kappa shape index (κ2) is 4.54. The molecule has 1 aliphatic rings. The van der Waals surface area contributed by atoms with E-state index < -0.39 is 0 Å². The summed E-state index contributed by atoms with van der Waals surface area (Å²) >= 11 is 0. The van der Waals surface area contributed by atoms with Crippen molar-refractivity contribution >= 4 is 5.95 Å². The topological polar surface area (TPSA) is 70.8 Å². The lowest BCUT2D eigenvalue weighted by Crippen LogP contribution is -2.57. The number of rotatable bonds is 3. The van der Waals surface area contributed by atoms with Crippen LogP contribution < -0.4 is 5.32 Å². The summed E-state index contributed by atoms with van der Waals surface area (Å²) in [6.07, 6.45) is 1.19. The molecule has 1 aliphatic carbocycles. The standard InChI is InChI=1S/C13H18N4O/c1-8-5-9(7-14)16-12(15-8)17-10-6-11(18-4)13(10,2)3/h5,10-11H,6H2,1-4H3,(H,15,16,17). The molecule has 1 heterocycles. The average molecular weight is 246 g/mol. The van der Waals surface area contributed by atoms with Gasteiger partial charge in [0.2, 0.25) is 5.95 Å². The maximum Gasteiger partial charge on any atom is 0.224 e. The molecule has 0 bridgehead atoms. The third kappa shape index (κ3) is 2.16. The number of aryl methyl sites for hydroxylation is 1. The second-order valence-electron chi connectivity index (χ2n) is 5.31. The van der Waals surface area contributed by atoms with E-state index in [0.29, 0.717) is 11.6 Å². The Bertz CT molecular complexity index is 492. The number of nitrogens with one attached hydrogen (secondary N) is 1. The van der Waals surface area contributed by atoms with E-state index in [1.807, 2.05) is 13.0 Å². The van der Waals surface area contributed by atoms with Crippen LogP contribution in [0.1, 0.15) is 31.7 Å². The van der Waals surface area contributed by atoms with Crippen LogP contribution in [0.15, 0.2) is 6.07 Å². The zero-order valence-electron chi connectivity index (χ0n) is 11.2. The van der Waals surface area contributed by atoms with Crippen LogP contribution in [0, 0.1) is 23.7 Å². The second-order valence-corrected chi connectivity index (χ2v) is 5.31. The smallest absolute Gasteiger partial charge is 0.224 e. The molecule has 1 aromatic rings. The minimum atomic E-state index is 0.0503. The predicted octanol–water partition coefficient (Wildman–Crippen LogP) is 1.88. The first-order valence-corrected chi connectivity index (χ1v) is 6.02. The molecule has 0 saturated heterocycles. The minimum absolute atomic E-state index is 0.0503. The van der Waals surface area contributed by atoms with Gasteiger partial charge < -0.3 is 10.1 Å². The van der Waals surface area contributed by atoms with Gasteiger partial charge in [-0.25, -0.2) is 9.97 Å². The van der Waals surface area contributed by atoms with Crippen molar-refractivity contribution in [3.63, 3.8) is 0 Å². The third-order valence-corrected chi connectivity index (χ3v) is 3.73. The lowest BCUT2D eigenvalue weighted by molar-refractivity contribution is -0.0796. The third-order valence-electron chi connectivity index (χ3n) is 3.73. The van der Waals surface area contributed by atoms with Gasteiger partial charge in [-0.05, 0) is 19.4 Å². The number of nitrogens with zero attached hydrogens (tertiary/aromatic N) is 3. The molecule has 2 unspecified atom stereocenters. The number of hydrogen-bond donors (Lipinski definition) is 1. The number of methoxy groups -OCH3 is 1. The van der Waals surface area contributed by atoms with E-state index >= 15 is 0 Å². The largest absolute Gasteiger partial charge is 0.381 e. The molecule has 5 heteroatoms. The molecule has 1 aromatic heterocycles. The highest BCUT2D eigenvalue weighted by atomic mass is 16.5. The van der Waals surface area contributed by atoms with Crippen LogP contribution in [-0.2, 0) is 4.74 Å². The van der Waals surface area contributed by atoms with Crippen molar-refractivity contribution in [2.24, 2.45) is 5.41 Å². The molecule has 2 rings (SSSR count). The van der Waals surface area contributed by atoms with Crippen LogP contribution in [0.2, 0.25) is 0 Å². The molecule has 2 atom stereocenters. The maximum atomic E-state index is 8.89. The lowest BCUT2D eigenvalue weighted by atomic mass is 9.64. The molecule has 0 aromatic carbocycles. The van der Waals surface area contributed by atoms with Gasteiger partial charge in [0.25, 0.3) is 0 Å². The summed E-state index contributed by atoms with van der Waals surface area (Å²) in [5.74, 6) is 0.527. The first-order chi connectivity index (χ1) is 8.47. The van der Waals surface area contributed by atoms with Crippen molar-refractivity contribution in [1.29, 1.82) is 5.26 Å². The van der Waals surface area contributed by atoms with Crippen molar-refractivity contribution in [2.45, 2.75) is 39.3 Å². The maximum absolute atomic E-state index is 8.89. The van der Waals surface area contributed by atoms with Gasteiger partial charge in [-0.1, -0.05) is 13.8 Å². The van der Waals surface area contributed by atoms with Gasteiger partial charge in [0.15, 0.2) is 0 Å². The first kappa shape index (κ1) is 12.8. The van der Waals surface area contributed by atoms with E-state index in [1.54, 1.807) is 13.2 Å². The van der Waals surface area contributed by atoms with Gasteiger partial charge in [0.05, 0.1) is 6.10 Å². The normalized spacial score (nSPS) is 25.1. The highest BCUT2D eigenvalue weighted by Crippen LogP contribution is 2.43. The summed E-state index contributed by atoms with van der Waals surface area (Å²) in [6.45, 7) is 6.17. The zero-order valence-corrected chi connectivity index (χ0v) is 11.2. The van der Waals surface area contributed by atoms with Crippen LogP contribution in [0.25, 0.3) is 0 Å². The SMILES string of the molecule is COC1CC(Nc2nc(C)cc(C#N)n2)C1(C)C. The molecule has 0 radical (unpaired) electrons. The quantitative estimate of drug-likeness (QED) is 0.881. The van der Waals surface area contributed by atoms with Gasteiger partial charge in [-0.15, -0.1) is 0 Å². The molecule has 1 N–H and O–H groups in total. The Hall–Kier alpha value is -1.67. The van der Waals surface area contributed by atoms with E-state index in [2.05, 4.69) is 29.1 Å². The number of anilines is 1. The first-order valence-electron chi connectivity index (χ1n) is 6.02. The van der Waals surface area contributed by atoms with Crippen molar-refractivity contribution in [1.82, 2.24) is 9.97 Å². The molecule has 5 nitrogen and oxygen atoms in total. The lowest BCUT2D eigenvalue weighted by Gasteiger charge is -2.51. The number of nitriles is 1. The van der Waals surface area contributed by atoms with E-state index in [4.69, 9.17) is 10.00 Å². The fourth-order valence-electron chi connectivity index (χ4n) is 2.38. The van der Waals surface area contributed by atoms with E-state index in [1.165, 1.54) is 0 Å². The summed E-state index contributed by atoms with van der Waals surface area (Å²) < 4.78 is 5.40. The van der Waals surface area contributed by atoms with Gasteiger partial charge in [-0.2, -0.15) is 5.26 Å². The Labute approximate surface area is 107 Å². The predicted molar refractivity (Wildman–Crippen MR) is 68.1 cm³/mol. The van der Waals surface area contributed by atoms with E-state index in [0.717, 1.165) is 12.1 Å². The van der Waals surface area contributed by atoms with Gasteiger partial charge >= 0.3 is 0 Å². The van der Waals surface area contributed by atoms with Crippen molar-refractivity contribution in [3.05, 3.63) is 17.5 Å². The summed E-state index contributed by atoms with van der Waals surface area (Å²) in [5.41, 5.74) is 1.24. The molecule has 1 saturated carbocycles. The summed E-state index contributed by atoms with van der Waals surface area (Å²) in [7, 11) is 1.74. The molecular weight excluding hydrogens is 228 g/mol. The summed E-state index contributed by atoms with van der Waals surface area (Å²) in [4.78, 5) is 8.47. The number of aromatic nitrogens is 2. The average Bonchev–Trinajstić information content (AvgIpc) is 2.33. The number of hydrogen-bond acceptors (Lipinski definition) is 5. The molecular formula is C13H18N4O. The molecule has 18 heavy (non-hydrogen) atoms. The Morgan fingerprint density at radius 2 is 2.22 bits per heavy atom. The van der Waals surface area contributed by atoms with Gasteiger partial charge in [-0.3, -0.25) is 0 Å². The molecule has 0 aliphatic heterocycles. The monoisotopic (exact) mass is 246 g/mol. The van der Waals surface area contributed by atoms with Gasteiger partial charge in [0.1, 0.15) is 11.8 Å². The summed E-state index contributed by atoms with van der Waals surface area (Å²) in [5, 5.41) is 12.2. The molecule has 1 fully saturated rings. The van der Waals surface area contributed by atoms with Crippen LogP contribution >= 0.6 is 0 Å². The van der Waals surface area contributed by atoms with Crippen LogP contribution in [0.3, 0.4) is 0 Å². The van der Waals surface area contributed by atoms with Crippen LogP contribution in [0.5, 0.6) is 0 Å². The number of ether oxygens (including phenoxy) is 1. The Balaban J connectivity index is 2.12. The van der Waals surface area contributed by atoms with Gasteiger partial charge in [0, 0.05) is 24.3 Å². The highest BCUT2D eigenvalue weighted by molar-refractivity contribution is 5.35. The van der Waals surface area contributed by atoms with Crippen molar-refractivity contribution in [3.8, 4) is 6.07 Å². The fraction of sp³-hybridized carbons (Fsp3) is 0.615. The zero-order chi connectivity index (χ0) is 13.3. The Kier molecular flexibility index (Phi) is 3.22. The summed E-state index contributed by atoms with van der Waals surface area (Å²) in [6, 6.07) is 3.99. The van der Waals surface area contributed by atoms with Crippen LogP contribution in [-0.4, -0.2) is 29.2 Å². The molecule has 96 valence electrons. The van der Waals surface area contributed by atoms with Crippen LogP contribution in [0.4, 0.5) is 5.95 Å². The molecule has 0 amide bonds. The Morgan fingerprint density at radius 3 is 2.78 bits per heavy atom.